The molecule has 0 bridgehead atoms. The summed E-state index contributed by atoms with van der Waals surface area (Å²) in [6.45, 7) is 0. The summed E-state index contributed by atoms with van der Waals surface area (Å²) in [5.74, 6) is -0.628. The van der Waals surface area contributed by atoms with Gasteiger partial charge in [0.15, 0.2) is 0 Å². The molecule has 88 valence electrons. The Kier molecular flexibility index (Phi) is 3.22. The summed E-state index contributed by atoms with van der Waals surface area (Å²) in [5.41, 5.74) is 0.315. The maximum atomic E-state index is 11.7. The van der Waals surface area contributed by atoms with E-state index < -0.39 is 5.97 Å². The molecule has 0 aromatic carbocycles. The number of amides is 1. The summed E-state index contributed by atoms with van der Waals surface area (Å²) in [4.78, 5) is 27.1. The van der Waals surface area contributed by atoms with Crippen molar-refractivity contribution in [2.24, 2.45) is 4.99 Å². The molecule has 5 heteroatoms. The highest BCUT2D eigenvalue weighted by Gasteiger charge is 2.33. The lowest BCUT2D eigenvalue weighted by Gasteiger charge is -2.33. The Balaban J connectivity index is 2.09. The lowest BCUT2D eigenvalue weighted by molar-refractivity contribution is -0.139. The van der Waals surface area contributed by atoms with Gasteiger partial charge in [-0.3, -0.25) is 14.6 Å². The van der Waals surface area contributed by atoms with Crippen LogP contribution in [0.3, 0.4) is 0 Å². The number of methoxy groups -OCH3 is 1. The smallest absolute Gasteiger partial charge is 0.311 e. The minimum absolute atomic E-state index is 0.0223. The van der Waals surface area contributed by atoms with Crippen LogP contribution in [0, 0.1) is 0 Å². The van der Waals surface area contributed by atoms with Gasteiger partial charge in [0.05, 0.1) is 25.6 Å². The van der Waals surface area contributed by atoms with E-state index in [1.54, 1.807) is 0 Å². The zero-order chi connectivity index (χ0) is 11.5. The molecule has 0 aromatic heterocycles. The number of nitrogens with zero attached hydrogens (tertiary/aromatic N) is 1. The molecule has 1 heterocycles. The van der Waals surface area contributed by atoms with E-state index in [9.17, 15) is 9.59 Å². The van der Waals surface area contributed by atoms with Crippen LogP contribution in [-0.2, 0) is 14.3 Å². The molecular weight excluding hydrogens is 208 g/mol. The van der Waals surface area contributed by atoms with Gasteiger partial charge in [-0.1, -0.05) is 12.8 Å². The lowest BCUT2D eigenvalue weighted by Crippen LogP contribution is -2.51. The second-order valence-corrected chi connectivity index (χ2v) is 4.26. The van der Waals surface area contributed by atoms with Gasteiger partial charge in [-0.2, -0.15) is 0 Å². The number of nitrogens with one attached hydrogen (secondary N) is 1. The summed E-state index contributed by atoms with van der Waals surface area (Å²) < 4.78 is 4.54. The Bertz CT molecular complexity index is 338. The van der Waals surface area contributed by atoms with Crippen LogP contribution in [0.15, 0.2) is 4.99 Å². The lowest BCUT2D eigenvalue weighted by atomic mass is 9.89. The van der Waals surface area contributed by atoms with Crippen molar-refractivity contribution in [1.82, 2.24) is 5.32 Å². The van der Waals surface area contributed by atoms with Crippen molar-refractivity contribution in [3.63, 3.8) is 0 Å². The van der Waals surface area contributed by atoms with Gasteiger partial charge in [0.2, 0.25) is 0 Å². The minimum atomic E-state index is -0.414. The largest absolute Gasteiger partial charge is 0.469 e. The Morgan fingerprint density at radius 1 is 1.50 bits per heavy atom. The third-order valence-corrected chi connectivity index (χ3v) is 3.17. The highest BCUT2D eigenvalue weighted by atomic mass is 16.5. The van der Waals surface area contributed by atoms with E-state index in [-0.39, 0.29) is 24.4 Å². The summed E-state index contributed by atoms with van der Waals surface area (Å²) in [6, 6.07) is 0.328. The molecule has 5 nitrogen and oxygen atoms in total. The molecule has 0 spiro atoms. The number of fused-ring (bicyclic) bond motifs is 1. The van der Waals surface area contributed by atoms with E-state index in [0.29, 0.717) is 5.71 Å². The number of esters is 1. The Morgan fingerprint density at radius 3 is 3.00 bits per heavy atom. The Hall–Kier alpha value is -1.39. The van der Waals surface area contributed by atoms with Gasteiger partial charge < -0.3 is 10.1 Å². The number of ether oxygens (including phenoxy) is 1. The molecule has 1 fully saturated rings. The monoisotopic (exact) mass is 224 g/mol. The Morgan fingerprint density at radius 2 is 2.25 bits per heavy atom. The molecule has 0 saturated heterocycles. The number of rotatable bonds is 2. The van der Waals surface area contributed by atoms with Crippen LogP contribution in [0.2, 0.25) is 0 Å². The summed E-state index contributed by atoms with van der Waals surface area (Å²) in [7, 11) is 1.31. The third kappa shape index (κ3) is 2.23. The van der Waals surface area contributed by atoms with Crippen LogP contribution in [-0.4, -0.2) is 36.8 Å². The number of hydrogen-bond acceptors (Lipinski definition) is 4. The van der Waals surface area contributed by atoms with Crippen molar-refractivity contribution in [2.45, 2.75) is 44.2 Å². The molecule has 1 amide bonds. The second-order valence-electron chi connectivity index (χ2n) is 4.26. The zero-order valence-corrected chi connectivity index (χ0v) is 9.36. The van der Waals surface area contributed by atoms with E-state index in [2.05, 4.69) is 15.0 Å². The standard InChI is InChI=1S/C11H16N2O3/c1-16-10(14)6-9-11(15)13-8-5-3-2-4-7(8)12-9/h7-8H,2-6H2,1H3,(H,13,15)/t7-,8-/m1/s1. The average molecular weight is 224 g/mol. The predicted molar refractivity (Wildman–Crippen MR) is 58.3 cm³/mol. The van der Waals surface area contributed by atoms with E-state index in [4.69, 9.17) is 0 Å². The van der Waals surface area contributed by atoms with Crippen molar-refractivity contribution in [1.29, 1.82) is 0 Å². The fourth-order valence-electron chi connectivity index (χ4n) is 2.28. The van der Waals surface area contributed by atoms with Gasteiger partial charge in [0.1, 0.15) is 5.71 Å². The minimum Gasteiger partial charge on any atom is -0.469 e. The first-order chi connectivity index (χ1) is 7.70. The van der Waals surface area contributed by atoms with Gasteiger partial charge in [-0.05, 0) is 12.8 Å². The van der Waals surface area contributed by atoms with Gasteiger partial charge in [0, 0.05) is 0 Å². The molecule has 1 aliphatic carbocycles. The highest BCUT2D eigenvalue weighted by Crippen LogP contribution is 2.24. The highest BCUT2D eigenvalue weighted by molar-refractivity contribution is 6.42. The zero-order valence-electron chi connectivity index (χ0n) is 9.36. The molecule has 1 N–H and O–H groups in total. The van der Waals surface area contributed by atoms with E-state index >= 15 is 0 Å². The fraction of sp³-hybridized carbons (Fsp3) is 0.727. The van der Waals surface area contributed by atoms with Crippen LogP contribution < -0.4 is 5.32 Å². The maximum Gasteiger partial charge on any atom is 0.311 e. The van der Waals surface area contributed by atoms with Crippen molar-refractivity contribution in [3.8, 4) is 0 Å². The van der Waals surface area contributed by atoms with Crippen LogP contribution >= 0.6 is 0 Å². The molecule has 0 unspecified atom stereocenters. The molecular formula is C11H16N2O3. The Labute approximate surface area is 94.3 Å². The average Bonchev–Trinajstić information content (AvgIpc) is 2.30. The number of aliphatic imine (C=N–C) groups is 1. The summed E-state index contributed by atoms with van der Waals surface area (Å²) >= 11 is 0. The van der Waals surface area contributed by atoms with Crippen LogP contribution in [0.25, 0.3) is 0 Å². The van der Waals surface area contributed by atoms with Gasteiger partial charge >= 0.3 is 5.97 Å². The molecule has 16 heavy (non-hydrogen) atoms. The number of hydrogen-bond donors (Lipinski definition) is 1. The SMILES string of the molecule is COC(=O)CC1=N[C@@H]2CCCC[C@H]2NC1=O. The van der Waals surface area contributed by atoms with Gasteiger partial charge in [-0.25, -0.2) is 0 Å². The third-order valence-electron chi connectivity index (χ3n) is 3.17. The predicted octanol–water partition coefficient (Wildman–Crippen LogP) is 0.431. The normalized spacial score (nSPS) is 28.8. The molecule has 0 radical (unpaired) electrons. The van der Waals surface area contributed by atoms with Crippen LogP contribution in [0.5, 0.6) is 0 Å². The summed E-state index contributed by atoms with van der Waals surface area (Å²) in [5, 5.41) is 2.92. The first-order valence-electron chi connectivity index (χ1n) is 5.65. The van der Waals surface area contributed by atoms with Crippen LogP contribution in [0.1, 0.15) is 32.1 Å². The topological polar surface area (TPSA) is 67.8 Å². The van der Waals surface area contributed by atoms with Crippen molar-refractivity contribution >= 4 is 17.6 Å². The van der Waals surface area contributed by atoms with E-state index in [1.807, 2.05) is 0 Å². The second kappa shape index (κ2) is 4.63. The van der Waals surface area contributed by atoms with Crippen molar-refractivity contribution in [3.05, 3.63) is 0 Å². The fourth-order valence-corrected chi connectivity index (χ4v) is 2.28. The van der Waals surface area contributed by atoms with E-state index in [0.717, 1.165) is 25.7 Å². The number of carbonyl (C=O) groups excluding carboxylic acids is 2. The molecule has 2 rings (SSSR count). The van der Waals surface area contributed by atoms with Gasteiger partial charge in [0.25, 0.3) is 5.91 Å². The molecule has 1 aliphatic heterocycles. The van der Waals surface area contributed by atoms with E-state index in [1.165, 1.54) is 7.11 Å². The van der Waals surface area contributed by atoms with Crippen molar-refractivity contribution in [2.75, 3.05) is 7.11 Å². The maximum absolute atomic E-state index is 11.7. The van der Waals surface area contributed by atoms with Crippen molar-refractivity contribution < 1.29 is 14.3 Å². The first-order valence-corrected chi connectivity index (χ1v) is 5.65. The number of carbonyl (C=O) groups is 2. The van der Waals surface area contributed by atoms with Gasteiger partial charge in [-0.15, -0.1) is 0 Å². The first kappa shape index (κ1) is 11.1. The summed E-state index contributed by atoms with van der Waals surface area (Å²) in [6.07, 6.45) is 4.25. The molecule has 2 atom stereocenters. The van der Waals surface area contributed by atoms with Crippen LogP contribution in [0.4, 0.5) is 0 Å². The molecule has 0 aromatic rings. The molecule has 2 aliphatic rings. The molecule has 1 saturated carbocycles. The quantitative estimate of drug-likeness (QED) is 0.692.